The number of hydrogen-bond acceptors (Lipinski definition) is 4. The van der Waals surface area contributed by atoms with Crippen LogP contribution in [-0.4, -0.2) is 58.4 Å². The van der Waals surface area contributed by atoms with Crippen molar-refractivity contribution in [2.75, 3.05) is 37.6 Å². The van der Waals surface area contributed by atoms with Crippen LogP contribution in [0.15, 0.2) is 24.5 Å². The van der Waals surface area contributed by atoms with Crippen molar-refractivity contribution in [3.8, 4) is 0 Å². The molecule has 0 saturated carbocycles. The smallest absolute Gasteiger partial charge is 0.317 e. The van der Waals surface area contributed by atoms with Crippen LogP contribution in [0.1, 0.15) is 36.3 Å². The van der Waals surface area contributed by atoms with Crippen LogP contribution >= 0.6 is 0 Å². The Morgan fingerprint density at radius 3 is 2.74 bits per heavy atom. The molecule has 27 heavy (non-hydrogen) atoms. The molecule has 146 valence electrons. The first-order valence-electron chi connectivity index (χ1n) is 9.67. The van der Waals surface area contributed by atoms with E-state index in [1.54, 1.807) is 0 Å². The minimum Gasteiger partial charge on any atom is -0.369 e. The summed E-state index contributed by atoms with van der Waals surface area (Å²) in [5, 5.41) is 7.59. The average Bonchev–Trinajstić information content (AvgIpc) is 2.84. The molecule has 2 aromatic rings. The van der Waals surface area contributed by atoms with E-state index in [1.165, 1.54) is 11.3 Å². The lowest BCUT2D eigenvalue weighted by molar-refractivity contribution is 0.199. The topological polar surface area (TPSA) is 66.3 Å². The van der Waals surface area contributed by atoms with Gasteiger partial charge in [0.2, 0.25) is 0 Å². The summed E-state index contributed by atoms with van der Waals surface area (Å²) in [6.45, 7) is 12.1. The lowest BCUT2D eigenvalue weighted by atomic mass is 10.2. The largest absolute Gasteiger partial charge is 0.369 e. The summed E-state index contributed by atoms with van der Waals surface area (Å²) >= 11 is 0. The van der Waals surface area contributed by atoms with E-state index in [1.807, 2.05) is 35.8 Å². The van der Waals surface area contributed by atoms with Gasteiger partial charge in [-0.1, -0.05) is 0 Å². The standard InChI is InChI=1S/C20H30N6O/c1-15-13-21-7-6-19(15)24-8-5-9-25(11-10-24)20(27)22-14-18(4)26-17(3)12-16(2)23-26/h6-7,12-13,18H,5,8-11,14H2,1-4H3,(H,22,27)/t18-/m1/s1. The van der Waals surface area contributed by atoms with Crippen molar-refractivity contribution in [3.63, 3.8) is 0 Å². The number of carbonyl (C=O) groups excluding carboxylic acids is 1. The number of aromatic nitrogens is 3. The predicted molar refractivity (Wildman–Crippen MR) is 107 cm³/mol. The van der Waals surface area contributed by atoms with Crippen molar-refractivity contribution in [1.29, 1.82) is 0 Å². The number of pyridine rings is 1. The van der Waals surface area contributed by atoms with Crippen LogP contribution in [0, 0.1) is 20.8 Å². The molecule has 1 aliphatic rings. The van der Waals surface area contributed by atoms with Crippen LogP contribution in [-0.2, 0) is 0 Å². The van der Waals surface area contributed by atoms with Gasteiger partial charge >= 0.3 is 6.03 Å². The molecule has 2 amide bonds. The highest BCUT2D eigenvalue weighted by atomic mass is 16.2. The van der Waals surface area contributed by atoms with E-state index in [4.69, 9.17) is 0 Å². The molecular weight excluding hydrogens is 340 g/mol. The quantitative estimate of drug-likeness (QED) is 0.899. The molecule has 0 unspecified atom stereocenters. The van der Waals surface area contributed by atoms with E-state index in [9.17, 15) is 4.79 Å². The van der Waals surface area contributed by atoms with Crippen LogP contribution in [0.3, 0.4) is 0 Å². The van der Waals surface area contributed by atoms with E-state index in [-0.39, 0.29) is 12.1 Å². The molecule has 0 aliphatic carbocycles. The second kappa shape index (κ2) is 8.41. The van der Waals surface area contributed by atoms with Gasteiger partial charge in [-0.25, -0.2) is 4.79 Å². The number of nitrogens with one attached hydrogen (secondary N) is 1. The van der Waals surface area contributed by atoms with Gasteiger partial charge in [-0.2, -0.15) is 5.10 Å². The van der Waals surface area contributed by atoms with Gasteiger partial charge in [-0.05, 0) is 51.8 Å². The number of carbonyl (C=O) groups is 1. The number of rotatable bonds is 4. The molecule has 1 aliphatic heterocycles. The molecule has 0 bridgehead atoms. The first kappa shape index (κ1) is 19.2. The second-order valence-electron chi connectivity index (χ2n) is 7.40. The molecule has 1 saturated heterocycles. The van der Waals surface area contributed by atoms with E-state index < -0.39 is 0 Å². The molecule has 2 aromatic heterocycles. The molecule has 7 heteroatoms. The normalized spacial score (nSPS) is 16.1. The zero-order valence-electron chi connectivity index (χ0n) is 16.8. The Labute approximate surface area is 161 Å². The maximum atomic E-state index is 12.6. The molecule has 1 fully saturated rings. The van der Waals surface area contributed by atoms with Crippen LogP contribution in [0.4, 0.5) is 10.5 Å². The number of anilines is 1. The van der Waals surface area contributed by atoms with Gasteiger partial charge < -0.3 is 15.1 Å². The Morgan fingerprint density at radius 2 is 2.04 bits per heavy atom. The summed E-state index contributed by atoms with van der Waals surface area (Å²) in [4.78, 5) is 21.1. The fraction of sp³-hybridized carbons (Fsp3) is 0.550. The fourth-order valence-corrected chi connectivity index (χ4v) is 3.71. The van der Waals surface area contributed by atoms with E-state index in [0.717, 1.165) is 44.0 Å². The minimum atomic E-state index is 0.0108. The van der Waals surface area contributed by atoms with E-state index in [0.29, 0.717) is 6.54 Å². The van der Waals surface area contributed by atoms with Crippen molar-refractivity contribution in [2.24, 2.45) is 0 Å². The van der Waals surface area contributed by atoms with E-state index in [2.05, 4.69) is 46.3 Å². The van der Waals surface area contributed by atoms with Gasteiger partial charge in [0.25, 0.3) is 0 Å². The molecule has 3 heterocycles. The summed E-state index contributed by atoms with van der Waals surface area (Å²) in [6, 6.07) is 4.26. The van der Waals surface area contributed by atoms with Gasteiger partial charge in [0.1, 0.15) is 0 Å². The maximum Gasteiger partial charge on any atom is 0.317 e. The highest BCUT2D eigenvalue weighted by molar-refractivity contribution is 5.74. The molecule has 1 atom stereocenters. The van der Waals surface area contributed by atoms with Crippen molar-refractivity contribution < 1.29 is 4.79 Å². The fourth-order valence-electron chi connectivity index (χ4n) is 3.71. The first-order valence-corrected chi connectivity index (χ1v) is 9.67. The second-order valence-corrected chi connectivity index (χ2v) is 7.40. The molecule has 3 rings (SSSR count). The Balaban J connectivity index is 1.53. The van der Waals surface area contributed by atoms with Crippen molar-refractivity contribution >= 4 is 11.7 Å². The molecule has 0 radical (unpaired) electrons. The minimum absolute atomic E-state index is 0.0108. The SMILES string of the molecule is Cc1cc(C)n([C@H](C)CNC(=O)N2CCCN(c3ccncc3C)CC2)n1. The monoisotopic (exact) mass is 370 g/mol. The van der Waals surface area contributed by atoms with Crippen molar-refractivity contribution in [1.82, 2.24) is 25.0 Å². The third-order valence-electron chi connectivity index (χ3n) is 5.13. The van der Waals surface area contributed by atoms with Gasteiger partial charge in [0, 0.05) is 56.5 Å². The van der Waals surface area contributed by atoms with E-state index >= 15 is 0 Å². The first-order chi connectivity index (χ1) is 13.0. The predicted octanol–water partition coefficient (Wildman–Crippen LogP) is 2.69. The Kier molecular flexibility index (Phi) is 5.98. The van der Waals surface area contributed by atoms with Crippen LogP contribution < -0.4 is 10.2 Å². The summed E-state index contributed by atoms with van der Waals surface area (Å²) in [5.41, 5.74) is 4.51. The summed E-state index contributed by atoms with van der Waals surface area (Å²) in [7, 11) is 0. The molecule has 7 nitrogen and oxygen atoms in total. The third kappa shape index (κ3) is 4.59. The number of nitrogens with zero attached hydrogens (tertiary/aromatic N) is 5. The molecule has 0 spiro atoms. The molecule has 0 aromatic carbocycles. The van der Waals surface area contributed by atoms with Crippen LogP contribution in [0.25, 0.3) is 0 Å². The highest BCUT2D eigenvalue weighted by Crippen LogP contribution is 2.20. The lowest BCUT2D eigenvalue weighted by Gasteiger charge is -2.25. The summed E-state index contributed by atoms with van der Waals surface area (Å²) in [6.07, 6.45) is 4.69. The zero-order chi connectivity index (χ0) is 19.4. The highest BCUT2D eigenvalue weighted by Gasteiger charge is 2.20. The number of amides is 2. The van der Waals surface area contributed by atoms with Gasteiger partial charge in [-0.15, -0.1) is 0 Å². The van der Waals surface area contributed by atoms with Crippen molar-refractivity contribution in [3.05, 3.63) is 41.5 Å². The number of aryl methyl sites for hydroxylation is 3. The van der Waals surface area contributed by atoms with Gasteiger partial charge in [-0.3, -0.25) is 9.67 Å². The molecular formula is C20H30N6O. The third-order valence-corrected chi connectivity index (χ3v) is 5.13. The van der Waals surface area contributed by atoms with Crippen molar-refractivity contribution in [2.45, 2.75) is 40.2 Å². The number of hydrogen-bond donors (Lipinski definition) is 1. The summed E-state index contributed by atoms with van der Waals surface area (Å²) < 4.78 is 1.98. The van der Waals surface area contributed by atoms with Gasteiger partial charge in [0.15, 0.2) is 0 Å². The Hall–Kier alpha value is -2.57. The zero-order valence-corrected chi connectivity index (χ0v) is 16.8. The Bertz CT molecular complexity index is 787. The van der Waals surface area contributed by atoms with Crippen LogP contribution in [0.5, 0.6) is 0 Å². The lowest BCUT2D eigenvalue weighted by Crippen LogP contribution is -2.43. The summed E-state index contributed by atoms with van der Waals surface area (Å²) in [5.74, 6) is 0. The Morgan fingerprint density at radius 1 is 1.22 bits per heavy atom. The average molecular weight is 371 g/mol. The maximum absolute atomic E-state index is 12.6. The van der Waals surface area contributed by atoms with Gasteiger partial charge in [0.05, 0.1) is 11.7 Å². The molecule has 1 N–H and O–H groups in total. The van der Waals surface area contributed by atoms with Crippen LogP contribution in [0.2, 0.25) is 0 Å². The number of urea groups is 1.